The van der Waals surface area contributed by atoms with E-state index in [1.165, 1.54) is 0 Å². The molecule has 2 amide bonds. The molecule has 1 aromatic carbocycles. The Kier molecular flexibility index (Phi) is 5.18. The van der Waals surface area contributed by atoms with E-state index in [0.29, 0.717) is 12.1 Å². The number of aliphatic hydroxyl groups excluding tert-OH is 3. The SMILES string of the molecule is O=C(O)c1cc(O)c(C(=O)NC(=O)C2(O)CC(O)C(O)C(O)C2)cc1O. The zero-order valence-corrected chi connectivity index (χ0v) is 13.2. The van der Waals surface area contributed by atoms with Crippen LogP contribution in [0.4, 0.5) is 0 Å². The molecule has 2 atom stereocenters. The van der Waals surface area contributed by atoms with Gasteiger partial charge in [-0.25, -0.2) is 4.79 Å². The number of carbonyl (C=O) groups excluding carboxylic acids is 2. The molecule has 142 valence electrons. The number of aromatic hydroxyl groups is 2. The van der Waals surface area contributed by atoms with Gasteiger partial charge in [0.15, 0.2) is 0 Å². The number of nitrogens with one attached hydrogen (secondary N) is 1. The maximum absolute atomic E-state index is 12.1. The molecule has 2 rings (SSSR count). The number of aliphatic hydroxyl groups is 4. The van der Waals surface area contributed by atoms with E-state index in [4.69, 9.17) is 5.11 Å². The second-order valence-corrected chi connectivity index (χ2v) is 6.04. The van der Waals surface area contributed by atoms with Gasteiger partial charge < -0.3 is 35.7 Å². The van der Waals surface area contributed by atoms with Gasteiger partial charge in [0.25, 0.3) is 11.8 Å². The molecule has 0 saturated heterocycles. The van der Waals surface area contributed by atoms with Crippen molar-refractivity contribution in [3.63, 3.8) is 0 Å². The Morgan fingerprint density at radius 2 is 1.42 bits per heavy atom. The lowest BCUT2D eigenvalue weighted by atomic mass is 9.79. The van der Waals surface area contributed by atoms with Crippen molar-refractivity contribution in [2.75, 3.05) is 0 Å². The lowest BCUT2D eigenvalue weighted by molar-refractivity contribution is -0.172. The Hall–Kier alpha value is -2.73. The highest BCUT2D eigenvalue weighted by Crippen LogP contribution is 2.30. The monoisotopic (exact) mass is 371 g/mol. The highest BCUT2D eigenvalue weighted by Gasteiger charge is 2.48. The van der Waals surface area contributed by atoms with Crippen molar-refractivity contribution in [2.24, 2.45) is 0 Å². The Morgan fingerprint density at radius 3 is 1.92 bits per heavy atom. The lowest BCUT2D eigenvalue weighted by Gasteiger charge is -2.38. The zero-order valence-electron chi connectivity index (χ0n) is 13.2. The molecule has 0 aromatic heterocycles. The number of amides is 2. The molecular weight excluding hydrogens is 354 g/mol. The van der Waals surface area contributed by atoms with Crippen LogP contribution in [0.25, 0.3) is 0 Å². The van der Waals surface area contributed by atoms with Crippen molar-refractivity contribution in [3.8, 4) is 11.5 Å². The molecule has 0 aliphatic heterocycles. The summed E-state index contributed by atoms with van der Waals surface area (Å²) in [7, 11) is 0. The number of benzene rings is 1. The van der Waals surface area contributed by atoms with Crippen LogP contribution in [0.2, 0.25) is 0 Å². The van der Waals surface area contributed by atoms with Crippen LogP contribution in [0.5, 0.6) is 11.5 Å². The molecule has 0 spiro atoms. The molecule has 8 N–H and O–H groups in total. The van der Waals surface area contributed by atoms with Crippen LogP contribution in [-0.2, 0) is 4.79 Å². The second kappa shape index (κ2) is 6.88. The Balaban J connectivity index is 2.21. The summed E-state index contributed by atoms with van der Waals surface area (Å²) >= 11 is 0. The summed E-state index contributed by atoms with van der Waals surface area (Å²) in [4.78, 5) is 35.1. The third kappa shape index (κ3) is 3.60. The molecule has 1 saturated carbocycles. The van der Waals surface area contributed by atoms with Crippen molar-refractivity contribution < 1.29 is 50.1 Å². The van der Waals surface area contributed by atoms with Gasteiger partial charge in [0.1, 0.15) is 28.8 Å². The first-order chi connectivity index (χ1) is 12.0. The molecule has 1 aliphatic rings. The lowest BCUT2D eigenvalue weighted by Crippen LogP contribution is -2.59. The Labute approximate surface area is 145 Å². The maximum Gasteiger partial charge on any atom is 0.339 e. The zero-order chi connectivity index (χ0) is 19.8. The van der Waals surface area contributed by atoms with Crippen LogP contribution in [0, 0.1) is 0 Å². The van der Waals surface area contributed by atoms with Crippen LogP contribution >= 0.6 is 0 Å². The van der Waals surface area contributed by atoms with E-state index in [1.807, 2.05) is 0 Å². The first-order valence-corrected chi connectivity index (χ1v) is 7.38. The first kappa shape index (κ1) is 19.6. The molecule has 0 radical (unpaired) electrons. The highest BCUT2D eigenvalue weighted by atomic mass is 16.4. The van der Waals surface area contributed by atoms with Crippen LogP contribution in [0.1, 0.15) is 33.6 Å². The third-order valence-corrected chi connectivity index (χ3v) is 4.12. The van der Waals surface area contributed by atoms with E-state index in [2.05, 4.69) is 0 Å². The van der Waals surface area contributed by atoms with E-state index in [1.54, 1.807) is 5.32 Å². The number of hydrogen-bond acceptors (Lipinski definition) is 9. The standard InChI is InChI=1S/C15H17NO10/c17-7-2-6(13(23)24)8(18)1-5(7)12(22)16-14(25)15(26)3-9(19)11(21)10(20)4-15/h1-2,9-11,17-21,26H,3-4H2,(H,23,24)(H,16,22,25). The Morgan fingerprint density at radius 1 is 0.962 bits per heavy atom. The van der Waals surface area contributed by atoms with E-state index in [0.717, 1.165) is 0 Å². The van der Waals surface area contributed by atoms with Gasteiger partial charge in [0.05, 0.1) is 17.8 Å². The quantitative estimate of drug-likeness (QED) is 0.210. The summed E-state index contributed by atoms with van der Waals surface area (Å²) in [5.74, 6) is -5.80. The molecule has 1 aromatic rings. The minimum absolute atomic E-state index is 0.607. The average molecular weight is 371 g/mol. The summed E-state index contributed by atoms with van der Waals surface area (Å²) in [6.07, 6.45) is -6.10. The number of imide groups is 1. The highest BCUT2D eigenvalue weighted by molar-refractivity contribution is 6.09. The molecule has 2 unspecified atom stereocenters. The fraction of sp³-hybridized carbons (Fsp3) is 0.400. The summed E-state index contributed by atoms with van der Waals surface area (Å²) in [6, 6.07) is 1.23. The Bertz CT molecular complexity index is 749. The molecule has 26 heavy (non-hydrogen) atoms. The smallest absolute Gasteiger partial charge is 0.339 e. The fourth-order valence-corrected chi connectivity index (χ4v) is 2.68. The van der Waals surface area contributed by atoms with E-state index >= 15 is 0 Å². The minimum atomic E-state index is -2.37. The summed E-state index contributed by atoms with van der Waals surface area (Å²) < 4.78 is 0. The van der Waals surface area contributed by atoms with Crippen molar-refractivity contribution in [3.05, 3.63) is 23.3 Å². The topological polar surface area (TPSA) is 205 Å². The van der Waals surface area contributed by atoms with Gasteiger partial charge in [0.2, 0.25) is 0 Å². The molecular formula is C15H17NO10. The normalized spacial score (nSPS) is 28.4. The molecule has 0 bridgehead atoms. The van der Waals surface area contributed by atoms with Gasteiger partial charge in [-0.15, -0.1) is 0 Å². The van der Waals surface area contributed by atoms with E-state index < -0.39 is 77.2 Å². The number of phenolic OH excluding ortho intramolecular Hbond substituents is 1. The van der Waals surface area contributed by atoms with E-state index in [-0.39, 0.29) is 0 Å². The van der Waals surface area contributed by atoms with Gasteiger partial charge in [-0.1, -0.05) is 0 Å². The molecule has 11 nitrogen and oxygen atoms in total. The molecule has 1 aliphatic carbocycles. The number of rotatable bonds is 3. The summed E-state index contributed by atoms with van der Waals surface area (Å²) in [6.45, 7) is 0. The second-order valence-electron chi connectivity index (χ2n) is 6.04. The van der Waals surface area contributed by atoms with Crippen LogP contribution in [0.15, 0.2) is 12.1 Å². The van der Waals surface area contributed by atoms with Crippen LogP contribution < -0.4 is 5.32 Å². The number of phenols is 2. The van der Waals surface area contributed by atoms with Gasteiger partial charge in [-0.2, -0.15) is 0 Å². The van der Waals surface area contributed by atoms with Crippen LogP contribution in [-0.4, -0.2) is 77.4 Å². The third-order valence-electron chi connectivity index (χ3n) is 4.12. The fourth-order valence-electron chi connectivity index (χ4n) is 2.68. The minimum Gasteiger partial charge on any atom is -0.507 e. The van der Waals surface area contributed by atoms with Crippen LogP contribution in [0.3, 0.4) is 0 Å². The summed E-state index contributed by atoms with van der Waals surface area (Å²) in [5.41, 5.74) is -3.68. The number of carbonyl (C=O) groups is 3. The number of carboxylic acid groups (broad SMARTS) is 1. The van der Waals surface area contributed by atoms with Crippen molar-refractivity contribution in [1.82, 2.24) is 5.32 Å². The first-order valence-electron chi connectivity index (χ1n) is 7.38. The predicted molar refractivity (Wildman–Crippen MR) is 81.4 cm³/mol. The van der Waals surface area contributed by atoms with Crippen molar-refractivity contribution in [1.29, 1.82) is 0 Å². The van der Waals surface area contributed by atoms with E-state index in [9.17, 15) is 45.0 Å². The maximum atomic E-state index is 12.1. The largest absolute Gasteiger partial charge is 0.507 e. The molecule has 0 heterocycles. The van der Waals surface area contributed by atoms with Gasteiger partial charge >= 0.3 is 5.97 Å². The van der Waals surface area contributed by atoms with Gasteiger partial charge in [-0.05, 0) is 12.1 Å². The summed E-state index contributed by atoms with van der Waals surface area (Å²) in [5, 5.41) is 68.7. The van der Waals surface area contributed by atoms with Gasteiger partial charge in [0, 0.05) is 12.8 Å². The number of carboxylic acids is 1. The van der Waals surface area contributed by atoms with Crippen molar-refractivity contribution in [2.45, 2.75) is 36.8 Å². The number of aromatic carboxylic acids is 1. The molecule has 11 heteroatoms. The van der Waals surface area contributed by atoms with Gasteiger partial charge in [-0.3, -0.25) is 14.9 Å². The molecule has 1 fully saturated rings. The number of hydrogen-bond donors (Lipinski definition) is 8. The predicted octanol–water partition coefficient (Wildman–Crippen LogP) is -2.34. The average Bonchev–Trinajstić information content (AvgIpc) is 2.53. The van der Waals surface area contributed by atoms with Crippen molar-refractivity contribution >= 4 is 17.8 Å².